The first-order chi connectivity index (χ1) is 7.11. The van der Waals surface area contributed by atoms with Crippen molar-refractivity contribution in [3.63, 3.8) is 0 Å². The number of carbonyl (C=O) groups excluding carboxylic acids is 1. The number of H-pyrrole nitrogens is 1. The van der Waals surface area contributed by atoms with E-state index in [2.05, 4.69) is 9.72 Å². The first-order valence-electron chi connectivity index (χ1n) is 4.49. The van der Waals surface area contributed by atoms with E-state index < -0.39 is 11.8 Å². The minimum atomic E-state index is -0.540. The van der Waals surface area contributed by atoms with E-state index in [4.69, 9.17) is 0 Å². The van der Waals surface area contributed by atoms with E-state index in [0.29, 0.717) is 10.9 Å². The SMILES string of the molecule is COC(=O)c1cc(F)cc2cc(C)[nH]c12. The molecule has 1 aromatic carbocycles. The van der Waals surface area contributed by atoms with Crippen LogP contribution >= 0.6 is 0 Å². The van der Waals surface area contributed by atoms with Gasteiger partial charge in [-0.1, -0.05) is 0 Å². The number of fused-ring (bicyclic) bond motifs is 1. The van der Waals surface area contributed by atoms with Crippen LogP contribution < -0.4 is 0 Å². The average molecular weight is 207 g/mol. The Balaban J connectivity index is 2.75. The number of nitrogens with one attached hydrogen (secondary N) is 1. The van der Waals surface area contributed by atoms with Gasteiger partial charge in [-0.15, -0.1) is 0 Å². The molecule has 0 aliphatic rings. The number of methoxy groups -OCH3 is 1. The zero-order chi connectivity index (χ0) is 11.0. The van der Waals surface area contributed by atoms with Crippen LogP contribution in [0, 0.1) is 12.7 Å². The Labute approximate surface area is 85.9 Å². The fourth-order valence-corrected chi connectivity index (χ4v) is 1.62. The van der Waals surface area contributed by atoms with Gasteiger partial charge in [-0.2, -0.15) is 0 Å². The molecule has 0 amide bonds. The Morgan fingerprint density at radius 2 is 2.13 bits per heavy atom. The van der Waals surface area contributed by atoms with Crippen LogP contribution in [0.1, 0.15) is 16.1 Å². The van der Waals surface area contributed by atoms with Gasteiger partial charge in [-0.3, -0.25) is 0 Å². The quantitative estimate of drug-likeness (QED) is 0.729. The van der Waals surface area contributed by atoms with Crippen molar-refractivity contribution in [3.8, 4) is 0 Å². The highest BCUT2D eigenvalue weighted by molar-refractivity contribution is 6.03. The molecule has 0 aliphatic carbocycles. The summed E-state index contributed by atoms with van der Waals surface area (Å²) in [6, 6.07) is 4.33. The third-order valence-electron chi connectivity index (χ3n) is 2.23. The van der Waals surface area contributed by atoms with Gasteiger partial charge < -0.3 is 9.72 Å². The van der Waals surface area contributed by atoms with Gasteiger partial charge in [-0.05, 0) is 25.1 Å². The molecule has 0 spiro atoms. The van der Waals surface area contributed by atoms with Crippen LogP contribution in [0.15, 0.2) is 18.2 Å². The van der Waals surface area contributed by atoms with Crippen LogP contribution in [-0.2, 0) is 4.74 Å². The van der Waals surface area contributed by atoms with E-state index in [1.807, 2.05) is 6.92 Å². The van der Waals surface area contributed by atoms with E-state index in [1.54, 1.807) is 6.07 Å². The maximum absolute atomic E-state index is 13.2. The molecule has 0 unspecified atom stereocenters. The minimum absolute atomic E-state index is 0.223. The van der Waals surface area contributed by atoms with Gasteiger partial charge in [0.1, 0.15) is 5.82 Å². The van der Waals surface area contributed by atoms with E-state index in [9.17, 15) is 9.18 Å². The molecule has 78 valence electrons. The molecule has 0 fully saturated rings. The summed E-state index contributed by atoms with van der Waals surface area (Å²) >= 11 is 0. The smallest absolute Gasteiger partial charge is 0.340 e. The number of aromatic nitrogens is 1. The zero-order valence-electron chi connectivity index (χ0n) is 8.43. The van der Waals surface area contributed by atoms with Gasteiger partial charge in [0, 0.05) is 11.1 Å². The molecule has 0 saturated heterocycles. The summed E-state index contributed by atoms with van der Waals surface area (Å²) in [4.78, 5) is 14.4. The highest BCUT2D eigenvalue weighted by Gasteiger charge is 2.13. The maximum Gasteiger partial charge on any atom is 0.340 e. The largest absolute Gasteiger partial charge is 0.465 e. The molecule has 0 aliphatic heterocycles. The molecule has 1 heterocycles. The summed E-state index contributed by atoms with van der Waals surface area (Å²) in [5.41, 5.74) is 1.71. The van der Waals surface area contributed by atoms with Gasteiger partial charge in [0.25, 0.3) is 0 Å². The Kier molecular flexibility index (Phi) is 2.19. The van der Waals surface area contributed by atoms with Crippen LogP contribution in [0.2, 0.25) is 0 Å². The van der Waals surface area contributed by atoms with Gasteiger partial charge in [0.15, 0.2) is 0 Å². The molecule has 2 aromatic rings. The lowest BCUT2D eigenvalue weighted by atomic mass is 10.1. The number of aromatic amines is 1. The lowest BCUT2D eigenvalue weighted by Crippen LogP contribution is -2.02. The van der Waals surface area contributed by atoms with Crippen LogP contribution in [0.25, 0.3) is 10.9 Å². The third-order valence-corrected chi connectivity index (χ3v) is 2.23. The molecule has 15 heavy (non-hydrogen) atoms. The second kappa shape index (κ2) is 3.38. The van der Waals surface area contributed by atoms with Crippen LogP contribution in [-0.4, -0.2) is 18.1 Å². The first kappa shape index (κ1) is 9.71. The van der Waals surface area contributed by atoms with E-state index in [1.165, 1.54) is 19.2 Å². The van der Waals surface area contributed by atoms with Crippen molar-refractivity contribution in [2.45, 2.75) is 6.92 Å². The Morgan fingerprint density at radius 1 is 1.40 bits per heavy atom. The number of esters is 1. The van der Waals surface area contributed by atoms with E-state index >= 15 is 0 Å². The minimum Gasteiger partial charge on any atom is -0.465 e. The van der Waals surface area contributed by atoms with Crippen molar-refractivity contribution < 1.29 is 13.9 Å². The summed E-state index contributed by atoms with van der Waals surface area (Å²) in [5.74, 6) is -0.983. The van der Waals surface area contributed by atoms with Gasteiger partial charge >= 0.3 is 5.97 Å². The normalized spacial score (nSPS) is 10.6. The molecule has 1 aromatic heterocycles. The molecular weight excluding hydrogens is 197 g/mol. The monoisotopic (exact) mass is 207 g/mol. The van der Waals surface area contributed by atoms with Crippen molar-refractivity contribution in [2.75, 3.05) is 7.11 Å². The summed E-state index contributed by atoms with van der Waals surface area (Å²) in [5, 5.41) is 0.674. The third kappa shape index (κ3) is 1.58. The molecule has 0 radical (unpaired) electrons. The summed E-state index contributed by atoms with van der Waals surface area (Å²) in [7, 11) is 1.27. The number of aryl methyl sites for hydroxylation is 1. The number of carbonyl (C=O) groups is 1. The number of halogens is 1. The number of hydrogen-bond acceptors (Lipinski definition) is 2. The van der Waals surface area contributed by atoms with Gasteiger partial charge in [0.05, 0.1) is 18.2 Å². The van der Waals surface area contributed by atoms with E-state index in [-0.39, 0.29) is 5.56 Å². The molecule has 0 atom stereocenters. The lowest BCUT2D eigenvalue weighted by molar-refractivity contribution is 0.0602. The molecule has 1 N–H and O–H groups in total. The topological polar surface area (TPSA) is 42.1 Å². The Morgan fingerprint density at radius 3 is 2.80 bits per heavy atom. The molecule has 0 bridgehead atoms. The molecule has 2 rings (SSSR count). The van der Waals surface area contributed by atoms with Gasteiger partial charge in [0.2, 0.25) is 0 Å². The number of benzene rings is 1. The second-order valence-electron chi connectivity index (χ2n) is 3.36. The van der Waals surface area contributed by atoms with E-state index in [0.717, 1.165) is 5.69 Å². The van der Waals surface area contributed by atoms with Crippen molar-refractivity contribution >= 4 is 16.9 Å². The van der Waals surface area contributed by atoms with Crippen LogP contribution in [0.4, 0.5) is 4.39 Å². The fourth-order valence-electron chi connectivity index (χ4n) is 1.62. The lowest BCUT2D eigenvalue weighted by Gasteiger charge is -2.01. The summed E-state index contributed by atoms with van der Waals surface area (Å²) < 4.78 is 17.8. The first-order valence-corrected chi connectivity index (χ1v) is 4.49. The number of ether oxygens (including phenoxy) is 1. The van der Waals surface area contributed by atoms with Crippen molar-refractivity contribution in [1.29, 1.82) is 0 Å². The predicted molar refractivity (Wildman–Crippen MR) is 54.3 cm³/mol. The molecule has 4 heteroatoms. The molecule has 0 saturated carbocycles. The maximum atomic E-state index is 13.2. The standard InChI is InChI=1S/C11H10FNO2/c1-6-3-7-4-8(12)5-9(10(7)13-6)11(14)15-2/h3-5,13H,1-2H3. The fraction of sp³-hybridized carbons (Fsp3) is 0.182. The van der Waals surface area contributed by atoms with Gasteiger partial charge in [-0.25, -0.2) is 9.18 Å². The summed E-state index contributed by atoms with van der Waals surface area (Å²) in [6.45, 7) is 1.85. The molecule has 3 nitrogen and oxygen atoms in total. The molecular formula is C11H10FNO2. The highest BCUT2D eigenvalue weighted by atomic mass is 19.1. The summed E-state index contributed by atoms with van der Waals surface area (Å²) in [6.07, 6.45) is 0. The highest BCUT2D eigenvalue weighted by Crippen LogP contribution is 2.21. The van der Waals surface area contributed by atoms with Crippen molar-refractivity contribution in [1.82, 2.24) is 4.98 Å². The van der Waals surface area contributed by atoms with Crippen molar-refractivity contribution in [3.05, 3.63) is 35.3 Å². The Bertz CT molecular complexity index is 531. The van der Waals surface area contributed by atoms with Crippen molar-refractivity contribution in [2.24, 2.45) is 0 Å². The van der Waals surface area contributed by atoms with Crippen LogP contribution in [0.5, 0.6) is 0 Å². The number of hydrogen-bond donors (Lipinski definition) is 1. The zero-order valence-corrected chi connectivity index (χ0v) is 8.43. The Hall–Kier alpha value is -1.84. The second-order valence-corrected chi connectivity index (χ2v) is 3.36. The number of rotatable bonds is 1. The average Bonchev–Trinajstić information content (AvgIpc) is 2.55. The van der Waals surface area contributed by atoms with Crippen LogP contribution in [0.3, 0.4) is 0 Å². The predicted octanol–water partition coefficient (Wildman–Crippen LogP) is 2.40.